The van der Waals surface area contributed by atoms with Crippen molar-refractivity contribution in [3.63, 3.8) is 0 Å². The molecule has 3 heterocycles. The average molecular weight is 338 g/mol. The number of H-pyrrole nitrogens is 2. The Kier molecular flexibility index (Phi) is 4.21. The zero-order valence-electron chi connectivity index (χ0n) is 13.6. The summed E-state index contributed by atoms with van der Waals surface area (Å²) in [7, 11) is 0. The van der Waals surface area contributed by atoms with Gasteiger partial charge in [-0.1, -0.05) is 18.2 Å². The van der Waals surface area contributed by atoms with Gasteiger partial charge in [-0.15, -0.1) is 5.10 Å². The maximum atomic E-state index is 12.5. The van der Waals surface area contributed by atoms with Gasteiger partial charge in [0.2, 0.25) is 5.82 Å². The Bertz CT molecular complexity index is 821. The summed E-state index contributed by atoms with van der Waals surface area (Å²) >= 11 is 0. The van der Waals surface area contributed by atoms with E-state index in [2.05, 4.69) is 35.3 Å². The van der Waals surface area contributed by atoms with Crippen molar-refractivity contribution in [1.82, 2.24) is 40.2 Å². The van der Waals surface area contributed by atoms with Gasteiger partial charge in [0.1, 0.15) is 12.2 Å². The molecule has 128 valence electrons. The molecule has 1 aliphatic heterocycles. The van der Waals surface area contributed by atoms with Crippen LogP contribution in [0.15, 0.2) is 36.7 Å². The molecule has 0 radical (unpaired) electrons. The molecule has 0 unspecified atom stereocenters. The van der Waals surface area contributed by atoms with Crippen LogP contribution in [-0.2, 0) is 6.54 Å². The van der Waals surface area contributed by atoms with Crippen molar-refractivity contribution < 1.29 is 4.79 Å². The summed E-state index contributed by atoms with van der Waals surface area (Å²) in [4.78, 5) is 25.1. The quantitative estimate of drug-likeness (QED) is 0.719. The Hall–Kier alpha value is -3.07. The van der Waals surface area contributed by atoms with Gasteiger partial charge in [-0.3, -0.25) is 19.9 Å². The number of piperazine rings is 1. The summed E-state index contributed by atoms with van der Waals surface area (Å²) in [6.07, 6.45) is 1.42. The average Bonchev–Trinajstić information content (AvgIpc) is 3.34. The van der Waals surface area contributed by atoms with Crippen LogP contribution in [0.4, 0.5) is 0 Å². The van der Waals surface area contributed by atoms with E-state index in [1.165, 1.54) is 6.33 Å². The van der Waals surface area contributed by atoms with Crippen LogP contribution in [0.2, 0.25) is 0 Å². The van der Waals surface area contributed by atoms with Crippen molar-refractivity contribution in [1.29, 1.82) is 0 Å². The number of benzene rings is 1. The topological polar surface area (TPSA) is 107 Å². The van der Waals surface area contributed by atoms with Gasteiger partial charge in [0.25, 0.3) is 5.91 Å². The van der Waals surface area contributed by atoms with Gasteiger partial charge in [-0.05, 0) is 12.1 Å². The number of carbonyl (C=O) groups is 1. The van der Waals surface area contributed by atoms with Gasteiger partial charge >= 0.3 is 0 Å². The Balaban J connectivity index is 1.33. The summed E-state index contributed by atoms with van der Waals surface area (Å²) in [5.41, 5.74) is 0.739. The van der Waals surface area contributed by atoms with E-state index in [0.29, 0.717) is 31.3 Å². The Morgan fingerprint density at radius 3 is 2.60 bits per heavy atom. The van der Waals surface area contributed by atoms with Crippen LogP contribution in [0, 0.1) is 0 Å². The van der Waals surface area contributed by atoms with Crippen LogP contribution in [0.5, 0.6) is 0 Å². The fraction of sp³-hybridized carbons (Fsp3) is 0.312. The van der Waals surface area contributed by atoms with Crippen LogP contribution in [0.25, 0.3) is 11.6 Å². The molecule has 0 atom stereocenters. The van der Waals surface area contributed by atoms with E-state index in [9.17, 15) is 4.79 Å². The van der Waals surface area contributed by atoms with E-state index >= 15 is 0 Å². The molecule has 1 aliphatic rings. The second-order valence-corrected chi connectivity index (χ2v) is 5.87. The number of amides is 1. The van der Waals surface area contributed by atoms with E-state index < -0.39 is 0 Å². The van der Waals surface area contributed by atoms with Crippen molar-refractivity contribution in [2.45, 2.75) is 6.54 Å². The first-order chi connectivity index (χ1) is 12.3. The first kappa shape index (κ1) is 15.5. The SMILES string of the molecule is O=C(c1ccccc1)N1CCN(Cc2nc(-c3ncn[nH]3)n[nH]2)CC1. The lowest BCUT2D eigenvalue weighted by Gasteiger charge is -2.34. The van der Waals surface area contributed by atoms with Crippen LogP contribution < -0.4 is 0 Å². The lowest BCUT2D eigenvalue weighted by atomic mass is 10.2. The number of nitrogens with zero attached hydrogens (tertiary/aromatic N) is 6. The number of hydrogen-bond acceptors (Lipinski definition) is 6. The largest absolute Gasteiger partial charge is 0.336 e. The Morgan fingerprint density at radius 1 is 1.08 bits per heavy atom. The second kappa shape index (κ2) is 6.81. The molecule has 3 aromatic rings. The van der Waals surface area contributed by atoms with Gasteiger partial charge in [0, 0.05) is 31.7 Å². The number of aromatic nitrogens is 6. The van der Waals surface area contributed by atoms with Gasteiger partial charge in [-0.2, -0.15) is 5.10 Å². The van der Waals surface area contributed by atoms with Gasteiger partial charge < -0.3 is 4.90 Å². The Morgan fingerprint density at radius 2 is 1.88 bits per heavy atom. The standard InChI is InChI=1S/C16H18N8O/c25-16(12-4-2-1-3-5-12)24-8-6-23(7-9-24)10-13-19-15(22-20-13)14-17-11-18-21-14/h1-5,11H,6-10H2,(H,17,18,21)(H,19,20,22). The van der Waals surface area contributed by atoms with E-state index in [-0.39, 0.29) is 5.91 Å². The number of hydrogen-bond donors (Lipinski definition) is 2. The number of rotatable bonds is 4. The van der Waals surface area contributed by atoms with Gasteiger partial charge in [0.15, 0.2) is 5.82 Å². The first-order valence-electron chi connectivity index (χ1n) is 8.13. The fourth-order valence-corrected chi connectivity index (χ4v) is 2.87. The minimum absolute atomic E-state index is 0.0903. The van der Waals surface area contributed by atoms with Crippen LogP contribution in [0.1, 0.15) is 16.2 Å². The molecule has 2 N–H and O–H groups in total. The molecule has 0 bridgehead atoms. The monoisotopic (exact) mass is 338 g/mol. The lowest BCUT2D eigenvalue weighted by molar-refractivity contribution is 0.0625. The summed E-state index contributed by atoms with van der Waals surface area (Å²) in [5, 5.41) is 13.6. The van der Waals surface area contributed by atoms with Crippen LogP contribution >= 0.6 is 0 Å². The molecule has 9 nitrogen and oxygen atoms in total. The number of carbonyl (C=O) groups excluding carboxylic acids is 1. The van der Waals surface area contributed by atoms with E-state index in [1.807, 2.05) is 35.2 Å². The molecule has 25 heavy (non-hydrogen) atoms. The molecule has 1 aromatic carbocycles. The highest BCUT2D eigenvalue weighted by Gasteiger charge is 2.22. The maximum absolute atomic E-state index is 12.5. The molecule has 2 aromatic heterocycles. The first-order valence-corrected chi connectivity index (χ1v) is 8.13. The van der Waals surface area contributed by atoms with Crippen molar-refractivity contribution in [3.8, 4) is 11.6 Å². The molecule has 1 fully saturated rings. The van der Waals surface area contributed by atoms with E-state index in [4.69, 9.17) is 0 Å². The summed E-state index contributed by atoms with van der Waals surface area (Å²) in [6, 6.07) is 9.40. The zero-order chi connectivity index (χ0) is 17.1. The fourth-order valence-electron chi connectivity index (χ4n) is 2.87. The molecular weight excluding hydrogens is 320 g/mol. The van der Waals surface area contributed by atoms with Crippen molar-refractivity contribution in [3.05, 3.63) is 48.0 Å². The van der Waals surface area contributed by atoms with Crippen molar-refractivity contribution >= 4 is 5.91 Å². The van der Waals surface area contributed by atoms with Crippen LogP contribution in [-0.4, -0.2) is 72.2 Å². The zero-order valence-corrected chi connectivity index (χ0v) is 13.6. The predicted octanol–water partition coefficient (Wildman–Crippen LogP) is 0.548. The minimum Gasteiger partial charge on any atom is -0.336 e. The molecular formula is C16H18N8O. The smallest absolute Gasteiger partial charge is 0.253 e. The van der Waals surface area contributed by atoms with E-state index in [0.717, 1.165) is 24.5 Å². The highest BCUT2D eigenvalue weighted by Crippen LogP contribution is 2.12. The molecule has 0 saturated carbocycles. The summed E-state index contributed by atoms with van der Waals surface area (Å²) < 4.78 is 0. The molecule has 0 spiro atoms. The normalized spacial score (nSPS) is 15.4. The molecule has 1 saturated heterocycles. The third kappa shape index (κ3) is 3.41. The van der Waals surface area contributed by atoms with Crippen molar-refractivity contribution in [2.75, 3.05) is 26.2 Å². The summed E-state index contributed by atoms with van der Waals surface area (Å²) in [5.74, 6) is 1.91. The lowest BCUT2D eigenvalue weighted by Crippen LogP contribution is -2.48. The number of nitrogens with one attached hydrogen (secondary N) is 2. The van der Waals surface area contributed by atoms with Crippen molar-refractivity contribution in [2.24, 2.45) is 0 Å². The molecule has 4 rings (SSSR count). The van der Waals surface area contributed by atoms with Crippen LogP contribution in [0.3, 0.4) is 0 Å². The van der Waals surface area contributed by atoms with E-state index in [1.54, 1.807) is 0 Å². The minimum atomic E-state index is 0.0903. The predicted molar refractivity (Wildman–Crippen MR) is 89.4 cm³/mol. The number of aromatic amines is 2. The highest BCUT2D eigenvalue weighted by atomic mass is 16.2. The third-order valence-corrected chi connectivity index (χ3v) is 4.21. The second-order valence-electron chi connectivity index (χ2n) is 5.87. The molecule has 0 aliphatic carbocycles. The van der Waals surface area contributed by atoms with Gasteiger partial charge in [-0.25, -0.2) is 9.97 Å². The van der Waals surface area contributed by atoms with Gasteiger partial charge in [0.05, 0.1) is 6.54 Å². The highest BCUT2D eigenvalue weighted by molar-refractivity contribution is 5.94. The maximum Gasteiger partial charge on any atom is 0.253 e. The Labute approximate surface area is 144 Å². The molecule has 1 amide bonds. The molecule has 9 heteroatoms. The summed E-state index contributed by atoms with van der Waals surface area (Å²) in [6.45, 7) is 3.68. The third-order valence-electron chi connectivity index (χ3n) is 4.21.